The molecule has 106 valence electrons. The highest BCUT2D eigenvalue weighted by Gasteiger charge is 2.29. The van der Waals surface area contributed by atoms with Crippen LogP contribution in [0.5, 0.6) is 0 Å². The summed E-state index contributed by atoms with van der Waals surface area (Å²) < 4.78 is 24.7. The van der Waals surface area contributed by atoms with Crippen LogP contribution in [0.3, 0.4) is 0 Å². The van der Waals surface area contributed by atoms with E-state index in [0.29, 0.717) is 5.69 Å². The number of nitrogens with zero attached hydrogens (tertiary/aromatic N) is 1. The average molecular weight is 283 g/mol. The summed E-state index contributed by atoms with van der Waals surface area (Å²) in [6.45, 7) is 4.08. The fourth-order valence-electron chi connectivity index (χ4n) is 2.47. The van der Waals surface area contributed by atoms with Crippen LogP contribution in [0.2, 0.25) is 0 Å². The topological polar surface area (TPSA) is 75.4 Å². The van der Waals surface area contributed by atoms with E-state index in [1.54, 1.807) is 18.2 Å². The average Bonchev–Trinajstić information content (AvgIpc) is 2.34. The maximum Gasteiger partial charge on any atom is 0.253 e. The summed E-state index contributed by atoms with van der Waals surface area (Å²) in [6, 6.07) is 6.76. The molecule has 1 aromatic rings. The zero-order chi connectivity index (χ0) is 14.0. The van der Waals surface area contributed by atoms with E-state index < -0.39 is 10.0 Å². The highest BCUT2D eigenvalue weighted by atomic mass is 32.2. The minimum absolute atomic E-state index is 0.206. The Morgan fingerprint density at radius 1 is 1.26 bits per heavy atom. The summed E-state index contributed by atoms with van der Waals surface area (Å²) in [5.74, 6) is 0. The maximum absolute atomic E-state index is 12.3. The van der Waals surface area contributed by atoms with Crippen LogP contribution >= 0.6 is 0 Å². The minimum Gasteiger partial charge on any atom is -0.399 e. The molecule has 0 aromatic heterocycles. The highest BCUT2D eigenvalue weighted by molar-refractivity contribution is 7.89. The van der Waals surface area contributed by atoms with E-state index >= 15 is 0 Å². The van der Waals surface area contributed by atoms with Crippen LogP contribution in [0.1, 0.15) is 33.1 Å². The molecule has 2 rings (SSSR count). The van der Waals surface area contributed by atoms with Crippen molar-refractivity contribution < 1.29 is 8.42 Å². The molecule has 5 nitrogen and oxygen atoms in total. The lowest BCUT2D eigenvalue weighted by Gasteiger charge is -2.38. The molecule has 0 spiro atoms. The molecular formula is C13H21N3O2S. The third-order valence-electron chi connectivity index (χ3n) is 3.59. The standard InChI is InChI=1S/C13H21N3O2S/c1-10-5-3-6-11(2)16(10)15-19(17,18)13-8-4-7-12(14)9-13/h4,7-11,15H,3,5-6,14H2,1-2H3. The third kappa shape index (κ3) is 3.26. The number of benzene rings is 1. The van der Waals surface area contributed by atoms with Crippen LogP contribution in [-0.4, -0.2) is 25.5 Å². The van der Waals surface area contributed by atoms with Crippen LogP contribution in [0, 0.1) is 0 Å². The molecule has 1 saturated heterocycles. The Morgan fingerprint density at radius 3 is 2.47 bits per heavy atom. The first-order valence-electron chi connectivity index (χ1n) is 6.56. The first-order chi connectivity index (χ1) is 8.90. The van der Waals surface area contributed by atoms with Crippen molar-refractivity contribution in [1.29, 1.82) is 0 Å². The van der Waals surface area contributed by atoms with Gasteiger partial charge in [-0.25, -0.2) is 13.4 Å². The number of hydrogen-bond acceptors (Lipinski definition) is 4. The lowest BCUT2D eigenvalue weighted by Crippen LogP contribution is -2.53. The second-order valence-corrected chi connectivity index (χ2v) is 6.86. The van der Waals surface area contributed by atoms with Crippen molar-refractivity contribution in [3.63, 3.8) is 0 Å². The lowest BCUT2D eigenvalue weighted by atomic mass is 10.0. The van der Waals surface area contributed by atoms with Gasteiger partial charge in [0, 0.05) is 17.8 Å². The largest absolute Gasteiger partial charge is 0.399 e. The Morgan fingerprint density at radius 2 is 1.89 bits per heavy atom. The molecule has 0 amide bonds. The van der Waals surface area contributed by atoms with Gasteiger partial charge in [0.15, 0.2) is 0 Å². The molecule has 1 aliphatic rings. The third-order valence-corrected chi connectivity index (χ3v) is 4.91. The fraction of sp³-hybridized carbons (Fsp3) is 0.538. The predicted octanol–water partition coefficient (Wildman–Crippen LogP) is 1.72. The van der Waals surface area contributed by atoms with Crippen molar-refractivity contribution in [3.05, 3.63) is 24.3 Å². The number of rotatable bonds is 3. The van der Waals surface area contributed by atoms with E-state index in [4.69, 9.17) is 5.73 Å². The predicted molar refractivity (Wildman–Crippen MR) is 75.8 cm³/mol. The molecule has 1 heterocycles. The number of sulfonamides is 1. The van der Waals surface area contributed by atoms with Crippen molar-refractivity contribution in [2.45, 2.75) is 50.1 Å². The second kappa shape index (κ2) is 5.48. The number of hydrogen-bond donors (Lipinski definition) is 2. The molecular weight excluding hydrogens is 262 g/mol. The van der Waals surface area contributed by atoms with Crippen LogP contribution in [0.15, 0.2) is 29.2 Å². The molecule has 19 heavy (non-hydrogen) atoms. The summed E-state index contributed by atoms with van der Waals surface area (Å²) >= 11 is 0. The van der Waals surface area contributed by atoms with Gasteiger partial charge in [0.2, 0.25) is 0 Å². The van der Waals surface area contributed by atoms with Crippen molar-refractivity contribution in [1.82, 2.24) is 9.84 Å². The smallest absolute Gasteiger partial charge is 0.253 e. The minimum atomic E-state index is -3.55. The van der Waals surface area contributed by atoms with Crippen molar-refractivity contribution in [3.8, 4) is 0 Å². The monoisotopic (exact) mass is 283 g/mol. The number of nitrogens with one attached hydrogen (secondary N) is 1. The zero-order valence-corrected chi connectivity index (χ0v) is 12.2. The van der Waals surface area contributed by atoms with Crippen molar-refractivity contribution in [2.75, 3.05) is 5.73 Å². The summed E-state index contributed by atoms with van der Waals surface area (Å²) in [5.41, 5.74) is 6.08. The number of nitrogen functional groups attached to an aromatic ring is 1. The van der Waals surface area contributed by atoms with Gasteiger partial charge in [0.1, 0.15) is 0 Å². The van der Waals surface area contributed by atoms with Gasteiger partial charge in [0.25, 0.3) is 10.0 Å². The lowest BCUT2D eigenvalue weighted by molar-refractivity contribution is 0.0790. The summed E-state index contributed by atoms with van der Waals surface area (Å²) in [7, 11) is -3.55. The van der Waals surface area contributed by atoms with Gasteiger partial charge >= 0.3 is 0 Å². The van der Waals surface area contributed by atoms with E-state index in [1.165, 1.54) is 6.07 Å². The van der Waals surface area contributed by atoms with Gasteiger partial charge < -0.3 is 5.73 Å². The Kier molecular flexibility index (Phi) is 4.13. The Bertz CT molecular complexity index is 535. The first kappa shape index (κ1) is 14.3. The zero-order valence-electron chi connectivity index (χ0n) is 11.3. The maximum atomic E-state index is 12.3. The van der Waals surface area contributed by atoms with Crippen LogP contribution in [-0.2, 0) is 10.0 Å². The number of nitrogens with two attached hydrogens (primary N) is 1. The molecule has 1 aromatic carbocycles. The quantitative estimate of drug-likeness (QED) is 0.828. The van der Waals surface area contributed by atoms with Crippen LogP contribution in [0.4, 0.5) is 5.69 Å². The number of anilines is 1. The van der Waals surface area contributed by atoms with Gasteiger partial charge in [-0.3, -0.25) is 0 Å². The molecule has 1 aliphatic heterocycles. The molecule has 3 N–H and O–H groups in total. The second-order valence-electron chi connectivity index (χ2n) is 5.20. The molecule has 0 bridgehead atoms. The first-order valence-corrected chi connectivity index (χ1v) is 8.05. The fourth-order valence-corrected chi connectivity index (χ4v) is 3.77. The molecule has 0 saturated carbocycles. The normalized spacial score (nSPS) is 25.4. The molecule has 6 heteroatoms. The molecule has 2 atom stereocenters. The Balaban J connectivity index is 2.21. The van der Waals surface area contributed by atoms with Crippen molar-refractivity contribution in [2.24, 2.45) is 0 Å². The van der Waals surface area contributed by atoms with E-state index in [2.05, 4.69) is 4.83 Å². The van der Waals surface area contributed by atoms with Crippen molar-refractivity contribution >= 4 is 15.7 Å². The Labute approximate surface area is 114 Å². The van der Waals surface area contributed by atoms with E-state index in [1.807, 2.05) is 18.9 Å². The molecule has 2 unspecified atom stereocenters. The molecule has 0 aliphatic carbocycles. The summed E-state index contributed by atoms with van der Waals surface area (Å²) in [4.78, 5) is 2.89. The van der Waals surface area contributed by atoms with Crippen LogP contribution < -0.4 is 10.6 Å². The molecule has 0 radical (unpaired) electrons. The summed E-state index contributed by atoms with van der Waals surface area (Å²) in [6.07, 6.45) is 3.15. The van der Waals surface area contributed by atoms with Gasteiger partial charge in [-0.15, -0.1) is 4.83 Å². The SMILES string of the molecule is CC1CCCC(C)N1NS(=O)(=O)c1cccc(N)c1. The Hall–Kier alpha value is -1.11. The van der Waals surface area contributed by atoms with E-state index in [9.17, 15) is 8.42 Å². The van der Waals surface area contributed by atoms with Gasteiger partial charge in [-0.2, -0.15) is 0 Å². The van der Waals surface area contributed by atoms with E-state index in [-0.39, 0.29) is 17.0 Å². The highest BCUT2D eigenvalue weighted by Crippen LogP contribution is 2.22. The number of hydrazine groups is 1. The van der Waals surface area contributed by atoms with Gasteiger partial charge in [-0.05, 0) is 44.9 Å². The molecule has 1 fully saturated rings. The van der Waals surface area contributed by atoms with Crippen LogP contribution in [0.25, 0.3) is 0 Å². The number of piperidine rings is 1. The van der Waals surface area contributed by atoms with E-state index in [0.717, 1.165) is 19.3 Å². The summed E-state index contributed by atoms with van der Waals surface area (Å²) in [5, 5.41) is 1.84. The van der Waals surface area contributed by atoms with Gasteiger partial charge in [0.05, 0.1) is 4.90 Å². The van der Waals surface area contributed by atoms with Gasteiger partial charge in [-0.1, -0.05) is 12.5 Å².